The maximum absolute atomic E-state index is 12.0. The number of pyridine rings is 1. The predicted octanol–water partition coefficient (Wildman–Crippen LogP) is 3.60. The summed E-state index contributed by atoms with van der Waals surface area (Å²) in [4.78, 5) is 27.8. The fourth-order valence-electron chi connectivity index (χ4n) is 1.99. The van der Waals surface area contributed by atoms with Gasteiger partial charge < -0.3 is 10.1 Å². The highest BCUT2D eigenvalue weighted by molar-refractivity contribution is 6.35. The summed E-state index contributed by atoms with van der Waals surface area (Å²) in [5, 5.41) is 7.31. The molecule has 2 aromatic rings. The number of nitrogens with zero attached hydrogens (tertiary/aromatic N) is 2. The zero-order chi connectivity index (χ0) is 19.8. The van der Waals surface area contributed by atoms with Gasteiger partial charge in [0.25, 0.3) is 5.91 Å². The second kappa shape index (κ2) is 9.89. The zero-order valence-corrected chi connectivity index (χ0v) is 16.3. The number of carbonyl (C=O) groups is 2. The third-order valence-electron chi connectivity index (χ3n) is 3.22. The van der Waals surface area contributed by atoms with Crippen LogP contribution < -0.4 is 15.5 Å². The number of hydrogen-bond donors (Lipinski definition) is 2. The Morgan fingerprint density at radius 3 is 2.67 bits per heavy atom. The van der Waals surface area contributed by atoms with Crippen LogP contribution in [0.25, 0.3) is 0 Å². The van der Waals surface area contributed by atoms with Gasteiger partial charge in [-0.15, -0.1) is 0 Å². The Balaban J connectivity index is 1.78. The molecule has 2 amide bonds. The van der Waals surface area contributed by atoms with E-state index in [2.05, 4.69) is 20.8 Å². The van der Waals surface area contributed by atoms with Crippen molar-refractivity contribution in [2.75, 3.05) is 11.9 Å². The maximum atomic E-state index is 12.0. The van der Waals surface area contributed by atoms with Crippen LogP contribution in [0.3, 0.4) is 0 Å². The Bertz CT molecular complexity index is 871. The molecule has 0 unspecified atom stereocenters. The second-order valence-electron chi connectivity index (χ2n) is 5.69. The summed E-state index contributed by atoms with van der Waals surface area (Å²) in [6.07, 6.45) is 1.62. The first-order chi connectivity index (χ1) is 12.8. The van der Waals surface area contributed by atoms with Gasteiger partial charge in [0, 0.05) is 16.9 Å². The average molecular weight is 409 g/mol. The lowest BCUT2D eigenvalue weighted by molar-refractivity contribution is -0.123. The third-order valence-corrected chi connectivity index (χ3v) is 3.75. The molecule has 2 N–H and O–H groups in total. The summed E-state index contributed by atoms with van der Waals surface area (Å²) >= 11 is 11.7. The van der Waals surface area contributed by atoms with E-state index in [1.165, 1.54) is 6.07 Å². The minimum atomic E-state index is -0.485. The molecule has 0 aliphatic rings. The molecule has 0 fully saturated rings. The largest absolute Gasteiger partial charge is 0.482 e. The van der Waals surface area contributed by atoms with Crippen molar-refractivity contribution in [3.63, 3.8) is 0 Å². The molecule has 0 atom stereocenters. The van der Waals surface area contributed by atoms with Gasteiger partial charge in [0.05, 0.1) is 11.4 Å². The highest BCUT2D eigenvalue weighted by Gasteiger charge is 2.08. The van der Waals surface area contributed by atoms with E-state index >= 15 is 0 Å². The predicted molar refractivity (Wildman–Crippen MR) is 105 cm³/mol. The molecule has 0 radical (unpaired) electrons. The van der Waals surface area contributed by atoms with E-state index < -0.39 is 5.91 Å². The van der Waals surface area contributed by atoms with Crippen molar-refractivity contribution in [2.24, 2.45) is 5.10 Å². The lowest BCUT2D eigenvalue weighted by Gasteiger charge is -2.08. The van der Waals surface area contributed by atoms with Crippen molar-refractivity contribution in [1.29, 1.82) is 0 Å². The van der Waals surface area contributed by atoms with Crippen LogP contribution in [-0.4, -0.2) is 29.1 Å². The molecule has 0 saturated carbocycles. The Morgan fingerprint density at radius 2 is 1.96 bits per heavy atom. The molecular weight excluding hydrogens is 391 g/mol. The molecule has 0 spiro atoms. The van der Waals surface area contributed by atoms with Gasteiger partial charge in [-0.1, -0.05) is 23.2 Å². The second-order valence-corrected chi connectivity index (χ2v) is 6.53. The molecule has 27 heavy (non-hydrogen) atoms. The number of benzene rings is 1. The van der Waals surface area contributed by atoms with Crippen LogP contribution in [-0.2, 0) is 9.59 Å². The van der Waals surface area contributed by atoms with Gasteiger partial charge in [-0.2, -0.15) is 5.10 Å². The van der Waals surface area contributed by atoms with Crippen molar-refractivity contribution in [1.82, 2.24) is 10.4 Å². The summed E-state index contributed by atoms with van der Waals surface area (Å²) in [5.74, 6) is 0.0287. The summed E-state index contributed by atoms with van der Waals surface area (Å²) in [6, 6.07) is 8.27. The van der Waals surface area contributed by atoms with Gasteiger partial charge in [-0.05, 0) is 49.7 Å². The molecule has 2 rings (SSSR count). The van der Waals surface area contributed by atoms with E-state index in [0.717, 1.165) is 5.56 Å². The van der Waals surface area contributed by atoms with E-state index in [-0.39, 0.29) is 18.9 Å². The number of amides is 2. The minimum absolute atomic E-state index is 0.0137. The zero-order valence-electron chi connectivity index (χ0n) is 14.8. The molecule has 0 aliphatic carbocycles. The number of aryl methyl sites for hydroxylation is 1. The molecule has 9 heteroatoms. The fraction of sp³-hybridized carbons (Fsp3) is 0.222. The molecule has 1 aromatic carbocycles. The Labute approximate surface area is 166 Å². The van der Waals surface area contributed by atoms with E-state index in [0.29, 0.717) is 27.3 Å². The van der Waals surface area contributed by atoms with Crippen molar-refractivity contribution in [2.45, 2.75) is 20.3 Å². The van der Waals surface area contributed by atoms with Crippen LogP contribution in [0.2, 0.25) is 10.0 Å². The van der Waals surface area contributed by atoms with E-state index in [1.807, 2.05) is 13.0 Å². The topological polar surface area (TPSA) is 92.7 Å². The maximum Gasteiger partial charge on any atom is 0.277 e. The molecule has 0 bridgehead atoms. The first kappa shape index (κ1) is 20.7. The average Bonchev–Trinajstić information content (AvgIpc) is 2.59. The summed E-state index contributed by atoms with van der Waals surface area (Å²) in [7, 11) is 0. The number of hydrogen-bond acceptors (Lipinski definition) is 5. The molecule has 7 nitrogen and oxygen atoms in total. The van der Waals surface area contributed by atoms with Crippen molar-refractivity contribution in [3.8, 4) is 5.75 Å². The van der Waals surface area contributed by atoms with Crippen molar-refractivity contribution < 1.29 is 14.3 Å². The Morgan fingerprint density at radius 1 is 1.19 bits per heavy atom. The highest BCUT2D eigenvalue weighted by atomic mass is 35.5. The van der Waals surface area contributed by atoms with Crippen LogP contribution in [0.1, 0.15) is 18.9 Å². The summed E-state index contributed by atoms with van der Waals surface area (Å²) in [6.45, 7) is 3.25. The van der Waals surface area contributed by atoms with Gasteiger partial charge in [-0.25, -0.2) is 10.4 Å². The summed E-state index contributed by atoms with van der Waals surface area (Å²) < 4.78 is 5.30. The van der Waals surface area contributed by atoms with E-state index in [9.17, 15) is 9.59 Å². The lowest BCUT2D eigenvalue weighted by atomic mass is 10.2. The smallest absolute Gasteiger partial charge is 0.277 e. The quantitative estimate of drug-likeness (QED) is 0.540. The van der Waals surface area contributed by atoms with Crippen molar-refractivity contribution in [3.05, 3.63) is 52.1 Å². The van der Waals surface area contributed by atoms with Crippen LogP contribution in [0.15, 0.2) is 41.6 Å². The van der Waals surface area contributed by atoms with Crippen LogP contribution in [0, 0.1) is 6.92 Å². The molecule has 0 saturated heterocycles. The lowest BCUT2D eigenvalue weighted by Crippen LogP contribution is -2.26. The number of nitrogens with one attached hydrogen (secondary N) is 2. The number of hydrazone groups is 1. The van der Waals surface area contributed by atoms with E-state index in [1.54, 1.807) is 31.3 Å². The number of carbonyl (C=O) groups excluding carboxylic acids is 2. The van der Waals surface area contributed by atoms with Gasteiger partial charge in [-0.3, -0.25) is 9.59 Å². The monoisotopic (exact) mass is 408 g/mol. The van der Waals surface area contributed by atoms with Crippen LogP contribution in [0.5, 0.6) is 5.75 Å². The minimum Gasteiger partial charge on any atom is -0.482 e. The van der Waals surface area contributed by atoms with Crippen molar-refractivity contribution >= 4 is 46.5 Å². The first-order valence-corrected chi connectivity index (χ1v) is 8.71. The number of aromatic nitrogens is 1. The molecular formula is C18H18Cl2N4O3. The number of rotatable bonds is 7. The normalized spacial score (nSPS) is 11.0. The molecule has 1 aromatic heterocycles. The highest BCUT2D eigenvalue weighted by Crippen LogP contribution is 2.27. The number of ether oxygens (including phenoxy) is 1. The molecule has 0 aliphatic heterocycles. The van der Waals surface area contributed by atoms with Gasteiger partial charge in [0.2, 0.25) is 5.91 Å². The Hall–Kier alpha value is -2.64. The fourth-order valence-corrected chi connectivity index (χ4v) is 2.45. The molecule has 142 valence electrons. The molecule has 1 heterocycles. The van der Waals surface area contributed by atoms with Gasteiger partial charge in [0.15, 0.2) is 6.61 Å². The number of halogens is 2. The van der Waals surface area contributed by atoms with Crippen LogP contribution in [0.4, 0.5) is 5.82 Å². The third kappa shape index (κ3) is 7.24. The van der Waals surface area contributed by atoms with Gasteiger partial charge in [0.1, 0.15) is 11.6 Å². The SMILES string of the molecule is CC(CC(=O)Nc1cc(C)ccn1)=NNC(=O)COc1ccc(Cl)cc1Cl. The summed E-state index contributed by atoms with van der Waals surface area (Å²) in [5.41, 5.74) is 3.73. The number of anilines is 1. The van der Waals surface area contributed by atoms with Gasteiger partial charge >= 0.3 is 0 Å². The van der Waals surface area contributed by atoms with Crippen LogP contribution >= 0.6 is 23.2 Å². The standard InChI is InChI=1S/C18H18Cl2N4O3/c1-11-5-6-21-16(7-11)22-17(25)8-12(2)23-24-18(26)10-27-15-4-3-13(19)9-14(15)20/h3-7,9H,8,10H2,1-2H3,(H,24,26)(H,21,22,25). The Kier molecular flexibility index (Phi) is 7.57. The first-order valence-electron chi connectivity index (χ1n) is 7.96. The van der Waals surface area contributed by atoms with E-state index in [4.69, 9.17) is 27.9 Å².